The Morgan fingerprint density at radius 2 is 2.00 bits per heavy atom. The van der Waals surface area contributed by atoms with Crippen LogP contribution in [0.4, 0.5) is 5.69 Å². The van der Waals surface area contributed by atoms with Crippen molar-refractivity contribution in [3.05, 3.63) is 42.1 Å². The second-order valence-corrected chi connectivity index (χ2v) is 3.88. The fourth-order valence-electron chi connectivity index (χ4n) is 1.58. The zero-order valence-corrected chi connectivity index (χ0v) is 11.1. The van der Waals surface area contributed by atoms with Crippen LogP contribution in [0.25, 0.3) is 0 Å². The van der Waals surface area contributed by atoms with E-state index >= 15 is 0 Å². The number of rotatable bonds is 4. The van der Waals surface area contributed by atoms with E-state index < -0.39 is 5.97 Å². The van der Waals surface area contributed by atoms with Crippen LogP contribution in [-0.2, 0) is 4.74 Å². The molecule has 6 nitrogen and oxygen atoms in total. The van der Waals surface area contributed by atoms with Gasteiger partial charge in [-0.15, -0.1) is 0 Å². The highest BCUT2D eigenvalue weighted by molar-refractivity contribution is 5.88. The number of benzene rings is 1. The Balaban J connectivity index is 2.14. The number of anilines is 1. The smallest absolute Gasteiger partial charge is 0.339 e. The lowest BCUT2D eigenvalue weighted by molar-refractivity contribution is 0.0600. The van der Waals surface area contributed by atoms with Crippen LogP contribution in [0, 0.1) is 0 Å². The molecule has 0 atom stereocenters. The summed E-state index contributed by atoms with van der Waals surface area (Å²) in [4.78, 5) is 15.3. The lowest BCUT2D eigenvalue weighted by atomic mass is 10.3. The van der Waals surface area contributed by atoms with Gasteiger partial charge in [-0.2, -0.15) is 0 Å². The molecule has 0 unspecified atom stereocenters. The van der Waals surface area contributed by atoms with Gasteiger partial charge in [0.1, 0.15) is 11.5 Å². The van der Waals surface area contributed by atoms with Gasteiger partial charge in [-0.25, -0.2) is 9.78 Å². The van der Waals surface area contributed by atoms with Gasteiger partial charge >= 0.3 is 5.97 Å². The number of hydrogen-bond acceptors (Lipinski definition) is 6. The third-order valence-electron chi connectivity index (χ3n) is 2.58. The molecule has 0 aliphatic carbocycles. The van der Waals surface area contributed by atoms with Crippen molar-refractivity contribution in [2.75, 3.05) is 20.0 Å². The van der Waals surface area contributed by atoms with Crippen LogP contribution in [0.3, 0.4) is 0 Å². The molecule has 0 fully saturated rings. The molecule has 0 aliphatic rings. The molecule has 1 aromatic carbocycles. The molecule has 2 N–H and O–H groups in total. The zero-order chi connectivity index (χ0) is 14.5. The number of nitrogens with zero attached hydrogens (tertiary/aromatic N) is 1. The second kappa shape index (κ2) is 5.92. The molecule has 2 aromatic rings. The predicted molar refractivity (Wildman–Crippen MR) is 73.1 cm³/mol. The Hall–Kier alpha value is -2.76. The number of esters is 1. The first kappa shape index (κ1) is 13.7. The standard InChI is InChI=1S/C14H14N2O4/c1-18-12-5-4-10(7-11(12)15)20-13-6-3-9(8-16-13)14(17)19-2/h3-8H,15H2,1-2H3. The fraction of sp³-hybridized carbons (Fsp3) is 0.143. The van der Waals surface area contributed by atoms with Crippen LogP contribution in [-0.4, -0.2) is 25.2 Å². The summed E-state index contributed by atoms with van der Waals surface area (Å²) < 4.78 is 15.2. The number of nitrogens with two attached hydrogens (primary N) is 1. The van der Waals surface area contributed by atoms with E-state index in [1.54, 1.807) is 37.4 Å². The van der Waals surface area contributed by atoms with Crippen molar-refractivity contribution in [2.45, 2.75) is 0 Å². The summed E-state index contributed by atoms with van der Waals surface area (Å²) >= 11 is 0. The minimum atomic E-state index is -0.447. The third-order valence-corrected chi connectivity index (χ3v) is 2.58. The van der Waals surface area contributed by atoms with E-state index in [1.807, 2.05) is 0 Å². The average Bonchev–Trinajstić information content (AvgIpc) is 2.47. The van der Waals surface area contributed by atoms with E-state index in [1.165, 1.54) is 13.3 Å². The quantitative estimate of drug-likeness (QED) is 0.680. The molecule has 0 bridgehead atoms. The molecule has 0 spiro atoms. The van der Waals surface area contributed by atoms with Crippen molar-refractivity contribution in [3.63, 3.8) is 0 Å². The van der Waals surface area contributed by atoms with E-state index in [2.05, 4.69) is 9.72 Å². The number of carbonyl (C=O) groups excluding carboxylic acids is 1. The summed E-state index contributed by atoms with van der Waals surface area (Å²) in [5, 5.41) is 0. The number of nitrogen functional groups attached to an aromatic ring is 1. The average molecular weight is 274 g/mol. The van der Waals surface area contributed by atoms with Gasteiger partial charge in [0, 0.05) is 18.3 Å². The van der Waals surface area contributed by atoms with E-state index in [4.69, 9.17) is 15.2 Å². The zero-order valence-electron chi connectivity index (χ0n) is 11.1. The molecule has 20 heavy (non-hydrogen) atoms. The maximum absolute atomic E-state index is 11.3. The minimum Gasteiger partial charge on any atom is -0.495 e. The Morgan fingerprint density at radius 3 is 2.55 bits per heavy atom. The van der Waals surface area contributed by atoms with Crippen LogP contribution in [0.2, 0.25) is 0 Å². The highest BCUT2D eigenvalue weighted by Gasteiger charge is 2.07. The van der Waals surface area contributed by atoms with E-state index in [0.717, 1.165) is 0 Å². The molecule has 2 rings (SSSR count). The van der Waals surface area contributed by atoms with Crippen molar-refractivity contribution < 1.29 is 19.0 Å². The van der Waals surface area contributed by atoms with Crippen molar-refractivity contribution in [2.24, 2.45) is 0 Å². The van der Waals surface area contributed by atoms with Crippen molar-refractivity contribution >= 4 is 11.7 Å². The largest absolute Gasteiger partial charge is 0.495 e. The van der Waals surface area contributed by atoms with Crippen LogP contribution in [0.5, 0.6) is 17.4 Å². The Labute approximate surface area is 116 Å². The second-order valence-electron chi connectivity index (χ2n) is 3.88. The number of ether oxygens (including phenoxy) is 3. The molecule has 1 aromatic heterocycles. The summed E-state index contributed by atoms with van der Waals surface area (Å²) in [6.07, 6.45) is 1.38. The molecule has 0 saturated heterocycles. The highest BCUT2D eigenvalue weighted by Crippen LogP contribution is 2.28. The lowest BCUT2D eigenvalue weighted by Gasteiger charge is -2.08. The van der Waals surface area contributed by atoms with Crippen molar-refractivity contribution in [1.82, 2.24) is 4.98 Å². The first-order valence-electron chi connectivity index (χ1n) is 5.79. The number of hydrogen-bond donors (Lipinski definition) is 1. The van der Waals surface area contributed by atoms with E-state index in [-0.39, 0.29) is 0 Å². The van der Waals surface area contributed by atoms with Crippen LogP contribution in [0.15, 0.2) is 36.5 Å². The normalized spacial score (nSPS) is 9.90. The van der Waals surface area contributed by atoms with Crippen LogP contribution >= 0.6 is 0 Å². The summed E-state index contributed by atoms with van der Waals surface area (Å²) in [7, 11) is 2.85. The van der Waals surface area contributed by atoms with Gasteiger partial charge in [-0.3, -0.25) is 0 Å². The molecule has 6 heteroatoms. The van der Waals surface area contributed by atoms with Gasteiger partial charge in [0.15, 0.2) is 0 Å². The van der Waals surface area contributed by atoms with Crippen LogP contribution < -0.4 is 15.2 Å². The molecule has 0 saturated carbocycles. The number of methoxy groups -OCH3 is 2. The van der Waals surface area contributed by atoms with Gasteiger partial charge in [0.05, 0.1) is 25.5 Å². The van der Waals surface area contributed by atoms with Crippen LogP contribution in [0.1, 0.15) is 10.4 Å². The Bertz CT molecular complexity index is 611. The highest BCUT2D eigenvalue weighted by atomic mass is 16.5. The maximum Gasteiger partial charge on any atom is 0.339 e. The number of aromatic nitrogens is 1. The molecule has 0 aliphatic heterocycles. The van der Waals surface area contributed by atoms with Gasteiger partial charge in [0.2, 0.25) is 5.88 Å². The maximum atomic E-state index is 11.3. The molecule has 0 radical (unpaired) electrons. The van der Waals surface area contributed by atoms with Gasteiger partial charge in [0.25, 0.3) is 0 Å². The monoisotopic (exact) mass is 274 g/mol. The summed E-state index contributed by atoms with van der Waals surface area (Å²) in [5.74, 6) is 1.01. The third kappa shape index (κ3) is 2.97. The van der Waals surface area contributed by atoms with E-state index in [9.17, 15) is 4.79 Å². The topological polar surface area (TPSA) is 83.7 Å². The minimum absolute atomic E-state index is 0.349. The first-order valence-corrected chi connectivity index (χ1v) is 5.79. The Morgan fingerprint density at radius 1 is 1.20 bits per heavy atom. The van der Waals surface area contributed by atoms with Gasteiger partial charge in [-0.1, -0.05) is 0 Å². The number of pyridine rings is 1. The molecular formula is C14H14N2O4. The van der Waals surface area contributed by atoms with Gasteiger partial charge in [-0.05, 0) is 18.2 Å². The fourth-order valence-corrected chi connectivity index (χ4v) is 1.58. The summed E-state index contributed by atoms with van der Waals surface area (Å²) in [6, 6.07) is 8.20. The molecule has 1 heterocycles. The predicted octanol–water partition coefficient (Wildman–Crippen LogP) is 2.25. The summed E-state index contributed by atoms with van der Waals surface area (Å²) in [6.45, 7) is 0. The first-order chi connectivity index (χ1) is 9.63. The molecular weight excluding hydrogens is 260 g/mol. The summed E-state index contributed by atoms with van der Waals surface area (Å²) in [5.41, 5.74) is 6.61. The lowest BCUT2D eigenvalue weighted by Crippen LogP contribution is -2.01. The van der Waals surface area contributed by atoms with Crippen molar-refractivity contribution in [3.8, 4) is 17.4 Å². The van der Waals surface area contributed by atoms with Crippen molar-refractivity contribution in [1.29, 1.82) is 0 Å². The molecule has 0 amide bonds. The van der Waals surface area contributed by atoms with E-state index in [0.29, 0.717) is 28.6 Å². The number of carbonyl (C=O) groups is 1. The van der Waals surface area contributed by atoms with Gasteiger partial charge < -0.3 is 19.9 Å². The SMILES string of the molecule is COC(=O)c1ccc(Oc2ccc(OC)c(N)c2)nc1. The Kier molecular flexibility index (Phi) is 4.05. The molecule has 104 valence electrons.